The number of anilines is 1. The van der Waals surface area contributed by atoms with E-state index in [1.165, 1.54) is 6.42 Å². The van der Waals surface area contributed by atoms with Gasteiger partial charge in [-0.05, 0) is 61.4 Å². The SMILES string of the molecule is O=C(CCNC(=O)c1ccc(Br)cc1)Nc1ccc(-c2nnc3n2CCCCC3)cc1. The van der Waals surface area contributed by atoms with Gasteiger partial charge in [0.05, 0.1) is 0 Å². The van der Waals surface area contributed by atoms with Gasteiger partial charge in [0.2, 0.25) is 5.91 Å². The van der Waals surface area contributed by atoms with Crippen LogP contribution in [0.5, 0.6) is 0 Å². The first kappa shape index (κ1) is 21.2. The second-order valence-electron chi connectivity index (χ2n) is 7.54. The van der Waals surface area contributed by atoms with Crippen LogP contribution in [0.2, 0.25) is 0 Å². The largest absolute Gasteiger partial charge is 0.352 e. The van der Waals surface area contributed by atoms with Gasteiger partial charge in [-0.1, -0.05) is 22.4 Å². The summed E-state index contributed by atoms with van der Waals surface area (Å²) < 4.78 is 3.11. The molecular formula is C23H24BrN5O2. The zero-order valence-corrected chi connectivity index (χ0v) is 18.7. The number of benzene rings is 2. The summed E-state index contributed by atoms with van der Waals surface area (Å²) >= 11 is 3.34. The molecule has 0 saturated carbocycles. The number of hydrogen-bond donors (Lipinski definition) is 2. The molecule has 4 rings (SSSR count). The van der Waals surface area contributed by atoms with Gasteiger partial charge in [-0.3, -0.25) is 9.59 Å². The van der Waals surface area contributed by atoms with E-state index in [4.69, 9.17) is 0 Å². The van der Waals surface area contributed by atoms with E-state index in [0.29, 0.717) is 11.3 Å². The van der Waals surface area contributed by atoms with Crippen LogP contribution in [0.15, 0.2) is 53.0 Å². The Hall–Kier alpha value is -3.00. The topological polar surface area (TPSA) is 88.9 Å². The normalized spacial score (nSPS) is 13.2. The number of carbonyl (C=O) groups excluding carboxylic acids is 2. The number of hydrogen-bond acceptors (Lipinski definition) is 4. The van der Waals surface area contributed by atoms with Crippen molar-refractivity contribution in [1.82, 2.24) is 20.1 Å². The van der Waals surface area contributed by atoms with Crippen molar-refractivity contribution in [3.05, 3.63) is 64.4 Å². The van der Waals surface area contributed by atoms with E-state index in [0.717, 1.165) is 47.5 Å². The number of halogens is 1. The quantitative estimate of drug-likeness (QED) is 0.552. The standard InChI is InChI=1S/C23H24BrN5O2/c24-18-9-5-17(6-10-18)23(31)25-14-13-21(30)26-19-11-7-16(8-12-19)22-28-27-20-4-2-1-3-15-29(20)22/h5-12H,1-4,13-15H2,(H,25,31)(H,26,30). The van der Waals surface area contributed by atoms with Crippen LogP contribution in [0.4, 0.5) is 5.69 Å². The highest BCUT2D eigenvalue weighted by Crippen LogP contribution is 2.24. The maximum absolute atomic E-state index is 12.2. The predicted molar refractivity (Wildman–Crippen MR) is 123 cm³/mol. The molecule has 0 fully saturated rings. The molecule has 0 spiro atoms. The van der Waals surface area contributed by atoms with Gasteiger partial charge in [-0.25, -0.2) is 0 Å². The van der Waals surface area contributed by atoms with Crippen LogP contribution in [0, 0.1) is 0 Å². The molecule has 8 heteroatoms. The molecule has 1 aromatic heterocycles. The third-order valence-corrected chi connectivity index (χ3v) is 5.81. The lowest BCUT2D eigenvalue weighted by atomic mass is 10.2. The van der Waals surface area contributed by atoms with E-state index in [1.54, 1.807) is 12.1 Å². The summed E-state index contributed by atoms with van der Waals surface area (Å²) in [5.74, 6) is 1.58. The van der Waals surface area contributed by atoms with Crippen LogP contribution in [0.25, 0.3) is 11.4 Å². The fourth-order valence-electron chi connectivity index (χ4n) is 3.62. The van der Waals surface area contributed by atoms with E-state index in [1.807, 2.05) is 36.4 Å². The number of carbonyl (C=O) groups is 2. The highest BCUT2D eigenvalue weighted by molar-refractivity contribution is 9.10. The molecule has 0 bridgehead atoms. The first-order valence-electron chi connectivity index (χ1n) is 10.5. The fraction of sp³-hybridized carbons (Fsp3) is 0.304. The molecule has 160 valence electrons. The highest BCUT2D eigenvalue weighted by Gasteiger charge is 2.16. The summed E-state index contributed by atoms with van der Waals surface area (Å²) in [5.41, 5.74) is 2.26. The number of nitrogens with zero attached hydrogens (tertiary/aromatic N) is 3. The van der Waals surface area contributed by atoms with Crippen molar-refractivity contribution in [2.24, 2.45) is 0 Å². The van der Waals surface area contributed by atoms with E-state index < -0.39 is 0 Å². The number of nitrogens with one attached hydrogen (secondary N) is 2. The van der Waals surface area contributed by atoms with Gasteiger partial charge < -0.3 is 15.2 Å². The van der Waals surface area contributed by atoms with Crippen LogP contribution in [0.3, 0.4) is 0 Å². The van der Waals surface area contributed by atoms with Crippen LogP contribution >= 0.6 is 15.9 Å². The second kappa shape index (κ2) is 9.87. The summed E-state index contributed by atoms with van der Waals surface area (Å²) in [6.07, 6.45) is 4.69. The Balaban J connectivity index is 1.29. The Kier molecular flexibility index (Phi) is 6.76. The molecule has 0 radical (unpaired) electrons. The van der Waals surface area contributed by atoms with Crippen LogP contribution in [-0.4, -0.2) is 33.1 Å². The molecule has 31 heavy (non-hydrogen) atoms. The van der Waals surface area contributed by atoms with Crippen LogP contribution < -0.4 is 10.6 Å². The number of rotatable bonds is 6. The minimum absolute atomic E-state index is 0.153. The Bertz CT molecular complexity index is 1060. The molecule has 7 nitrogen and oxygen atoms in total. The molecule has 0 unspecified atom stereocenters. The average Bonchev–Trinajstić information content (AvgIpc) is 3.02. The highest BCUT2D eigenvalue weighted by atomic mass is 79.9. The third-order valence-electron chi connectivity index (χ3n) is 5.28. The van der Waals surface area contributed by atoms with Crippen molar-refractivity contribution in [2.75, 3.05) is 11.9 Å². The lowest BCUT2D eigenvalue weighted by Crippen LogP contribution is -2.27. The molecular weight excluding hydrogens is 458 g/mol. The number of fused-ring (bicyclic) bond motifs is 1. The second-order valence-corrected chi connectivity index (χ2v) is 8.46. The maximum Gasteiger partial charge on any atom is 0.251 e. The fourth-order valence-corrected chi connectivity index (χ4v) is 3.88. The van der Waals surface area contributed by atoms with E-state index in [2.05, 4.69) is 41.3 Å². The third kappa shape index (κ3) is 5.38. The van der Waals surface area contributed by atoms with Crippen molar-refractivity contribution in [2.45, 2.75) is 38.6 Å². The molecule has 0 aliphatic carbocycles. The average molecular weight is 482 g/mol. The van der Waals surface area contributed by atoms with E-state index in [9.17, 15) is 9.59 Å². The molecule has 2 N–H and O–H groups in total. The molecule has 2 heterocycles. The summed E-state index contributed by atoms with van der Waals surface area (Å²) in [5, 5.41) is 14.3. The van der Waals surface area contributed by atoms with Crippen LogP contribution in [-0.2, 0) is 17.8 Å². The lowest BCUT2D eigenvalue weighted by Gasteiger charge is -2.09. The van der Waals surface area contributed by atoms with Gasteiger partial charge in [0.1, 0.15) is 5.82 Å². The monoisotopic (exact) mass is 481 g/mol. The summed E-state index contributed by atoms with van der Waals surface area (Å²) in [7, 11) is 0. The van der Waals surface area contributed by atoms with E-state index >= 15 is 0 Å². The number of amides is 2. The Labute approximate surface area is 189 Å². The first-order valence-corrected chi connectivity index (χ1v) is 11.3. The van der Waals surface area contributed by atoms with Gasteiger partial charge >= 0.3 is 0 Å². The summed E-state index contributed by atoms with van der Waals surface area (Å²) in [4.78, 5) is 24.3. The van der Waals surface area contributed by atoms with Crippen molar-refractivity contribution < 1.29 is 9.59 Å². The minimum Gasteiger partial charge on any atom is -0.352 e. The number of aryl methyl sites for hydroxylation is 1. The molecule has 1 aliphatic heterocycles. The summed E-state index contributed by atoms with van der Waals surface area (Å²) in [6.45, 7) is 1.22. The zero-order chi connectivity index (χ0) is 21.6. The van der Waals surface area contributed by atoms with Crippen LogP contribution in [0.1, 0.15) is 41.9 Å². The van der Waals surface area contributed by atoms with Crippen molar-refractivity contribution >= 4 is 33.4 Å². The first-order chi connectivity index (χ1) is 15.1. The molecule has 1 aliphatic rings. The Morgan fingerprint density at radius 3 is 2.52 bits per heavy atom. The van der Waals surface area contributed by atoms with Crippen molar-refractivity contribution in [1.29, 1.82) is 0 Å². The van der Waals surface area contributed by atoms with Gasteiger partial charge in [-0.2, -0.15) is 0 Å². The van der Waals surface area contributed by atoms with Crippen molar-refractivity contribution in [3.8, 4) is 11.4 Å². The molecule has 3 aromatic rings. The number of aromatic nitrogens is 3. The molecule has 2 aromatic carbocycles. The van der Waals surface area contributed by atoms with E-state index in [-0.39, 0.29) is 24.8 Å². The van der Waals surface area contributed by atoms with Gasteiger partial charge in [0.25, 0.3) is 5.91 Å². The Morgan fingerprint density at radius 2 is 1.74 bits per heavy atom. The van der Waals surface area contributed by atoms with Gasteiger partial charge in [-0.15, -0.1) is 10.2 Å². The zero-order valence-electron chi connectivity index (χ0n) is 17.1. The Morgan fingerprint density at radius 1 is 0.968 bits per heavy atom. The minimum atomic E-state index is -0.197. The summed E-state index contributed by atoms with van der Waals surface area (Å²) in [6, 6.07) is 14.7. The maximum atomic E-state index is 12.2. The smallest absolute Gasteiger partial charge is 0.251 e. The molecule has 2 amide bonds. The lowest BCUT2D eigenvalue weighted by molar-refractivity contribution is -0.116. The molecule has 0 saturated heterocycles. The van der Waals surface area contributed by atoms with Gasteiger partial charge in [0, 0.05) is 47.2 Å². The van der Waals surface area contributed by atoms with Gasteiger partial charge in [0.15, 0.2) is 5.82 Å². The molecule has 0 atom stereocenters. The van der Waals surface area contributed by atoms with Crippen molar-refractivity contribution in [3.63, 3.8) is 0 Å². The predicted octanol–water partition coefficient (Wildman–Crippen LogP) is 4.19.